The van der Waals surface area contributed by atoms with Crippen LogP contribution in [-0.4, -0.2) is 19.9 Å². The summed E-state index contributed by atoms with van der Waals surface area (Å²) in [6.45, 7) is 8.31. The summed E-state index contributed by atoms with van der Waals surface area (Å²) < 4.78 is 0. The predicted molar refractivity (Wildman–Crippen MR) is 131 cm³/mol. The maximum atomic E-state index is 6.21. The molecule has 0 aliphatic rings. The van der Waals surface area contributed by atoms with Crippen LogP contribution in [0.15, 0.2) is 34.3 Å². The lowest BCUT2D eigenvalue weighted by Gasteiger charge is -2.15. The first kappa shape index (κ1) is 22.8. The predicted octanol–water partition coefficient (Wildman–Crippen LogP) is 8.58. The van der Waals surface area contributed by atoms with Crippen molar-refractivity contribution in [1.82, 2.24) is 19.9 Å². The summed E-state index contributed by atoms with van der Waals surface area (Å²) in [5.41, 5.74) is 4.49. The lowest BCUT2D eigenvalue weighted by atomic mass is 10.1. The number of hydrogen-bond donors (Lipinski definition) is 0. The van der Waals surface area contributed by atoms with Gasteiger partial charge in [0.2, 0.25) is 0 Å². The highest BCUT2D eigenvalue weighted by molar-refractivity contribution is 7.99. The molecule has 31 heavy (non-hydrogen) atoms. The van der Waals surface area contributed by atoms with Crippen LogP contribution in [0.3, 0.4) is 0 Å². The van der Waals surface area contributed by atoms with E-state index in [1.807, 2.05) is 0 Å². The van der Waals surface area contributed by atoms with Gasteiger partial charge in [-0.3, -0.25) is 0 Å². The molecule has 0 spiro atoms. The standard InChI is InChI=1S/C22H18Cl4N4S/c1-9(2)19-21(29-17-7-13(25)11(23)5-15(17)27-19)31-22-20(10(3)4)28-16-6-12(24)14(26)8-18(16)30-22/h5-10H,1-4H3. The summed E-state index contributed by atoms with van der Waals surface area (Å²) in [6.07, 6.45) is 0. The smallest absolute Gasteiger partial charge is 0.125 e. The van der Waals surface area contributed by atoms with Crippen molar-refractivity contribution < 1.29 is 0 Å². The van der Waals surface area contributed by atoms with Crippen LogP contribution in [0, 0.1) is 0 Å². The average Bonchev–Trinajstić information content (AvgIpc) is 2.69. The zero-order valence-electron chi connectivity index (χ0n) is 17.2. The molecule has 0 radical (unpaired) electrons. The van der Waals surface area contributed by atoms with E-state index in [4.69, 9.17) is 66.3 Å². The Morgan fingerprint density at radius 3 is 1.13 bits per heavy atom. The zero-order valence-corrected chi connectivity index (χ0v) is 21.0. The van der Waals surface area contributed by atoms with Gasteiger partial charge in [0, 0.05) is 0 Å². The Kier molecular flexibility index (Phi) is 6.53. The number of fused-ring (bicyclic) bond motifs is 2. The topological polar surface area (TPSA) is 51.6 Å². The van der Waals surface area contributed by atoms with Crippen molar-refractivity contribution >= 4 is 80.2 Å². The van der Waals surface area contributed by atoms with Crippen molar-refractivity contribution in [3.63, 3.8) is 0 Å². The molecular weight excluding hydrogens is 494 g/mol. The molecule has 4 rings (SSSR count). The first-order valence-electron chi connectivity index (χ1n) is 9.65. The third-order valence-corrected chi connectivity index (χ3v) is 7.12. The molecule has 0 aliphatic heterocycles. The van der Waals surface area contributed by atoms with Crippen molar-refractivity contribution in [1.29, 1.82) is 0 Å². The molecule has 0 atom stereocenters. The van der Waals surface area contributed by atoms with Gasteiger partial charge in [-0.25, -0.2) is 19.9 Å². The average molecular weight is 512 g/mol. The minimum absolute atomic E-state index is 0.151. The van der Waals surface area contributed by atoms with Crippen molar-refractivity contribution in [2.45, 2.75) is 49.6 Å². The normalized spacial score (nSPS) is 11.9. The third kappa shape index (κ3) is 4.57. The first-order valence-corrected chi connectivity index (χ1v) is 12.0. The molecule has 0 bridgehead atoms. The fraction of sp³-hybridized carbons (Fsp3) is 0.273. The second-order valence-electron chi connectivity index (χ2n) is 7.75. The fourth-order valence-corrected chi connectivity index (χ4v) is 4.97. The van der Waals surface area contributed by atoms with Crippen molar-refractivity contribution in [3.8, 4) is 0 Å². The maximum Gasteiger partial charge on any atom is 0.125 e. The summed E-state index contributed by atoms with van der Waals surface area (Å²) in [7, 11) is 0. The number of halogens is 4. The van der Waals surface area contributed by atoms with Crippen LogP contribution in [-0.2, 0) is 0 Å². The quantitative estimate of drug-likeness (QED) is 0.274. The van der Waals surface area contributed by atoms with Crippen LogP contribution in [0.25, 0.3) is 22.1 Å². The molecular formula is C22H18Cl4N4S. The lowest BCUT2D eigenvalue weighted by Crippen LogP contribution is -2.03. The second kappa shape index (κ2) is 8.87. The van der Waals surface area contributed by atoms with Gasteiger partial charge in [-0.05, 0) is 47.9 Å². The van der Waals surface area contributed by atoms with Gasteiger partial charge in [0.1, 0.15) is 10.1 Å². The third-order valence-electron chi connectivity index (χ3n) is 4.69. The van der Waals surface area contributed by atoms with E-state index in [1.165, 1.54) is 11.8 Å². The van der Waals surface area contributed by atoms with E-state index in [1.54, 1.807) is 24.3 Å². The van der Waals surface area contributed by atoms with Gasteiger partial charge in [0.25, 0.3) is 0 Å². The van der Waals surface area contributed by atoms with E-state index >= 15 is 0 Å². The van der Waals surface area contributed by atoms with Gasteiger partial charge < -0.3 is 0 Å². The van der Waals surface area contributed by atoms with Crippen LogP contribution in [0.4, 0.5) is 0 Å². The van der Waals surface area contributed by atoms with Crippen molar-refractivity contribution in [3.05, 3.63) is 55.7 Å². The van der Waals surface area contributed by atoms with Crippen LogP contribution in [0.5, 0.6) is 0 Å². The van der Waals surface area contributed by atoms with Gasteiger partial charge in [0.15, 0.2) is 0 Å². The van der Waals surface area contributed by atoms with Crippen LogP contribution < -0.4 is 0 Å². The lowest BCUT2D eigenvalue weighted by molar-refractivity contribution is 0.771. The van der Waals surface area contributed by atoms with E-state index < -0.39 is 0 Å². The number of aromatic nitrogens is 4. The molecule has 0 saturated heterocycles. The van der Waals surface area contributed by atoms with Crippen LogP contribution >= 0.6 is 58.2 Å². The van der Waals surface area contributed by atoms with E-state index in [2.05, 4.69) is 27.7 Å². The number of nitrogens with zero attached hydrogens (tertiary/aromatic N) is 4. The van der Waals surface area contributed by atoms with Crippen LogP contribution in [0.1, 0.15) is 50.9 Å². The zero-order chi connectivity index (χ0) is 22.4. The summed E-state index contributed by atoms with van der Waals surface area (Å²) in [6, 6.07) is 6.95. The molecule has 2 heterocycles. The molecule has 2 aromatic carbocycles. The molecule has 0 N–H and O–H groups in total. The Labute approximate surface area is 204 Å². The summed E-state index contributed by atoms with van der Waals surface area (Å²) >= 11 is 26.2. The monoisotopic (exact) mass is 510 g/mol. The highest BCUT2D eigenvalue weighted by atomic mass is 35.5. The Morgan fingerprint density at radius 1 is 0.548 bits per heavy atom. The largest absolute Gasteiger partial charge is 0.248 e. The van der Waals surface area contributed by atoms with Gasteiger partial charge in [-0.1, -0.05) is 74.1 Å². The van der Waals surface area contributed by atoms with Gasteiger partial charge in [0.05, 0.1) is 53.5 Å². The highest BCUT2D eigenvalue weighted by Crippen LogP contribution is 2.38. The Bertz CT molecular complexity index is 1220. The molecule has 0 aliphatic carbocycles. The minimum Gasteiger partial charge on any atom is -0.248 e. The molecule has 9 heteroatoms. The number of rotatable bonds is 4. The first-order chi connectivity index (χ1) is 14.6. The van der Waals surface area contributed by atoms with Crippen molar-refractivity contribution in [2.24, 2.45) is 0 Å². The highest BCUT2D eigenvalue weighted by Gasteiger charge is 2.20. The molecule has 4 nitrogen and oxygen atoms in total. The number of hydrogen-bond acceptors (Lipinski definition) is 5. The molecule has 0 fully saturated rings. The SMILES string of the molecule is CC(C)c1nc2cc(Cl)c(Cl)cc2nc1Sc1nc2cc(Cl)c(Cl)cc2nc1C(C)C. The Hall–Kier alpha value is -1.37. The maximum absolute atomic E-state index is 6.21. The van der Waals surface area contributed by atoms with Gasteiger partial charge >= 0.3 is 0 Å². The summed E-state index contributed by atoms with van der Waals surface area (Å²) in [4.78, 5) is 19.3. The van der Waals surface area contributed by atoms with E-state index in [0.29, 0.717) is 42.2 Å². The summed E-state index contributed by atoms with van der Waals surface area (Å²) in [5.74, 6) is 0.302. The van der Waals surface area contributed by atoms with Gasteiger partial charge in [-0.15, -0.1) is 0 Å². The summed E-state index contributed by atoms with van der Waals surface area (Å²) in [5, 5.41) is 3.31. The molecule has 0 unspecified atom stereocenters. The Morgan fingerprint density at radius 2 is 0.839 bits per heavy atom. The van der Waals surface area contributed by atoms with E-state index in [0.717, 1.165) is 21.4 Å². The minimum atomic E-state index is 0.151. The molecule has 4 aromatic rings. The fourth-order valence-electron chi connectivity index (χ4n) is 3.09. The number of benzene rings is 2. The molecule has 2 aromatic heterocycles. The van der Waals surface area contributed by atoms with Crippen LogP contribution in [0.2, 0.25) is 20.1 Å². The van der Waals surface area contributed by atoms with E-state index in [9.17, 15) is 0 Å². The molecule has 0 amide bonds. The molecule has 160 valence electrons. The molecule has 0 saturated carbocycles. The van der Waals surface area contributed by atoms with Gasteiger partial charge in [-0.2, -0.15) is 0 Å². The second-order valence-corrected chi connectivity index (χ2v) is 10.4. The van der Waals surface area contributed by atoms with E-state index in [-0.39, 0.29) is 11.8 Å². The Balaban J connectivity index is 1.91. The van der Waals surface area contributed by atoms with Crippen molar-refractivity contribution in [2.75, 3.05) is 0 Å².